The second-order valence-electron chi connectivity index (χ2n) is 9.63. The summed E-state index contributed by atoms with van der Waals surface area (Å²) in [5.41, 5.74) is 3.90. The molecule has 198 valence electrons. The zero-order chi connectivity index (χ0) is 26.4. The van der Waals surface area contributed by atoms with Gasteiger partial charge in [-0.05, 0) is 67.6 Å². The largest absolute Gasteiger partial charge is 0.368 e. The molecule has 2 aliphatic rings. The predicted octanol–water partition coefficient (Wildman–Crippen LogP) is 4.19. The summed E-state index contributed by atoms with van der Waals surface area (Å²) >= 11 is 12.4. The van der Waals surface area contributed by atoms with Gasteiger partial charge in [0, 0.05) is 56.8 Å². The van der Waals surface area contributed by atoms with E-state index in [1.165, 1.54) is 5.56 Å². The molecule has 0 aromatic heterocycles. The van der Waals surface area contributed by atoms with Crippen LogP contribution >= 0.6 is 23.2 Å². The summed E-state index contributed by atoms with van der Waals surface area (Å²) in [6.45, 7) is 5.29. The lowest BCUT2D eigenvalue weighted by Gasteiger charge is -2.36. The van der Waals surface area contributed by atoms with Crippen LogP contribution in [0.25, 0.3) is 0 Å². The number of hydrogen-bond donors (Lipinski definition) is 1. The highest BCUT2D eigenvalue weighted by atomic mass is 35.5. The molecule has 1 unspecified atom stereocenters. The number of anilines is 1. The number of aryl methyl sites for hydroxylation is 1. The Bertz CT molecular complexity index is 1130. The van der Waals surface area contributed by atoms with Crippen LogP contribution in [0.1, 0.15) is 47.2 Å². The number of aldehydes is 1. The molecule has 0 aliphatic carbocycles. The van der Waals surface area contributed by atoms with E-state index in [4.69, 9.17) is 23.2 Å². The van der Waals surface area contributed by atoms with Gasteiger partial charge in [-0.3, -0.25) is 14.5 Å². The smallest absolute Gasteiger partial charge is 0.255 e. The molecule has 2 heterocycles. The van der Waals surface area contributed by atoms with E-state index in [0.29, 0.717) is 28.6 Å². The van der Waals surface area contributed by atoms with Gasteiger partial charge in [-0.15, -0.1) is 0 Å². The Labute approximate surface area is 228 Å². The number of benzene rings is 2. The van der Waals surface area contributed by atoms with Crippen LogP contribution in [-0.2, 0) is 22.6 Å². The highest BCUT2D eigenvalue weighted by Crippen LogP contribution is 2.31. The van der Waals surface area contributed by atoms with E-state index in [0.717, 1.165) is 69.5 Å². The standard InChI is InChI=1S/C28H34Cl2N4O3/c1-31-27(36)26(9-5-17-35)34-19-23-20(7-4-8-22(23)28(34)37)6-2-3-12-32-13-15-33(16-14-32)25-11-10-21(29)18-24(25)30/h4,7-8,10-11,17-18,26H,2-3,5-6,9,12-16,19H2,1H3,(H,31,36). The number of carbonyl (C=O) groups excluding carboxylic acids is 3. The number of amides is 2. The monoisotopic (exact) mass is 544 g/mol. The molecule has 1 fully saturated rings. The van der Waals surface area contributed by atoms with Crippen LogP contribution in [0.3, 0.4) is 0 Å². The van der Waals surface area contributed by atoms with Gasteiger partial charge in [0.1, 0.15) is 12.3 Å². The molecule has 0 saturated carbocycles. The minimum Gasteiger partial charge on any atom is -0.368 e. The number of nitrogens with one attached hydrogen (secondary N) is 1. The Morgan fingerprint density at radius 3 is 2.59 bits per heavy atom. The van der Waals surface area contributed by atoms with Crippen LogP contribution < -0.4 is 10.2 Å². The van der Waals surface area contributed by atoms with Crippen molar-refractivity contribution in [3.8, 4) is 0 Å². The summed E-state index contributed by atoms with van der Waals surface area (Å²) in [4.78, 5) is 42.9. The van der Waals surface area contributed by atoms with Crippen molar-refractivity contribution in [2.75, 3.05) is 44.7 Å². The van der Waals surface area contributed by atoms with E-state index >= 15 is 0 Å². The third-order valence-electron chi connectivity index (χ3n) is 7.37. The SMILES string of the molecule is CNC(=O)C(CCC=O)N1Cc2c(CCCCN3CCN(c4ccc(Cl)cc4Cl)CC3)cccc2C1=O. The maximum atomic E-state index is 13.1. The average molecular weight is 546 g/mol. The molecule has 4 rings (SSSR count). The molecule has 1 atom stereocenters. The second-order valence-corrected chi connectivity index (χ2v) is 10.5. The van der Waals surface area contributed by atoms with Crippen molar-refractivity contribution in [3.63, 3.8) is 0 Å². The fraction of sp³-hybridized carbons (Fsp3) is 0.464. The number of unbranched alkanes of at least 4 members (excludes halogenated alkanes) is 1. The van der Waals surface area contributed by atoms with Crippen LogP contribution in [0.15, 0.2) is 36.4 Å². The van der Waals surface area contributed by atoms with Crippen LogP contribution in [0.2, 0.25) is 10.0 Å². The molecule has 2 aromatic rings. The third-order valence-corrected chi connectivity index (χ3v) is 7.91. The number of piperazine rings is 1. The molecule has 0 bridgehead atoms. The molecule has 0 spiro atoms. The Hall–Kier alpha value is -2.61. The normalized spacial score (nSPS) is 16.6. The van der Waals surface area contributed by atoms with Gasteiger partial charge < -0.3 is 19.9 Å². The first-order chi connectivity index (χ1) is 17.9. The number of fused-ring (bicyclic) bond motifs is 1. The predicted molar refractivity (Wildman–Crippen MR) is 148 cm³/mol. The van der Waals surface area contributed by atoms with E-state index in [-0.39, 0.29) is 18.2 Å². The molecule has 2 aliphatic heterocycles. The number of hydrogen-bond acceptors (Lipinski definition) is 5. The number of carbonyl (C=O) groups is 3. The van der Waals surface area contributed by atoms with Crippen molar-refractivity contribution in [2.45, 2.75) is 44.7 Å². The lowest BCUT2D eigenvalue weighted by atomic mass is 9.98. The van der Waals surface area contributed by atoms with Crippen molar-refractivity contribution in [2.24, 2.45) is 0 Å². The van der Waals surface area contributed by atoms with E-state index in [1.54, 1.807) is 18.0 Å². The Kier molecular flexibility index (Phi) is 9.46. The van der Waals surface area contributed by atoms with Crippen molar-refractivity contribution in [1.82, 2.24) is 15.1 Å². The third kappa shape index (κ3) is 6.46. The summed E-state index contributed by atoms with van der Waals surface area (Å²) in [7, 11) is 1.56. The van der Waals surface area contributed by atoms with Gasteiger partial charge in [-0.25, -0.2) is 0 Å². The van der Waals surface area contributed by atoms with Crippen LogP contribution in [0.5, 0.6) is 0 Å². The van der Waals surface area contributed by atoms with Crippen molar-refractivity contribution in [1.29, 1.82) is 0 Å². The van der Waals surface area contributed by atoms with E-state index in [9.17, 15) is 14.4 Å². The maximum Gasteiger partial charge on any atom is 0.255 e. The van der Waals surface area contributed by atoms with E-state index < -0.39 is 6.04 Å². The van der Waals surface area contributed by atoms with E-state index in [1.807, 2.05) is 24.3 Å². The van der Waals surface area contributed by atoms with Crippen molar-refractivity contribution >= 4 is 47.0 Å². The average Bonchev–Trinajstić information content (AvgIpc) is 3.24. The highest BCUT2D eigenvalue weighted by Gasteiger charge is 2.36. The minimum atomic E-state index is -0.635. The summed E-state index contributed by atoms with van der Waals surface area (Å²) < 4.78 is 0. The quantitative estimate of drug-likeness (QED) is 0.339. The zero-order valence-electron chi connectivity index (χ0n) is 21.2. The van der Waals surface area contributed by atoms with Gasteiger partial charge in [0.25, 0.3) is 5.91 Å². The molecule has 1 N–H and O–H groups in total. The lowest BCUT2D eigenvalue weighted by Crippen LogP contribution is -2.46. The van der Waals surface area contributed by atoms with Gasteiger partial charge in [-0.2, -0.15) is 0 Å². The molecule has 2 amide bonds. The summed E-state index contributed by atoms with van der Waals surface area (Å²) in [5, 5.41) is 3.98. The van der Waals surface area contributed by atoms with Crippen LogP contribution in [0.4, 0.5) is 5.69 Å². The Morgan fingerprint density at radius 1 is 1.11 bits per heavy atom. The Morgan fingerprint density at radius 2 is 1.89 bits per heavy atom. The molecule has 0 radical (unpaired) electrons. The second kappa shape index (κ2) is 12.8. The fourth-order valence-electron chi connectivity index (χ4n) is 5.33. The Balaban J connectivity index is 1.28. The first-order valence-electron chi connectivity index (χ1n) is 12.9. The summed E-state index contributed by atoms with van der Waals surface area (Å²) in [6, 6.07) is 10.9. The molecule has 37 heavy (non-hydrogen) atoms. The first-order valence-corrected chi connectivity index (χ1v) is 13.7. The molecule has 1 saturated heterocycles. The number of halogens is 2. The van der Waals surface area contributed by atoms with Gasteiger partial charge in [0.15, 0.2) is 0 Å². The minimum absolute atomic E-state index is 0.130. The van der Waals surface area contributed by atoms with Gasteiger partial charge in [0.2, 0.25) is 5.91 Å². The zero-order valence-corrected chi connectivity index (χ0v) is 22.7. The summed E-state index contributed by atoms with van der Waals surface area (Å²) in [6.07, 6.45) is 4.36. The van der Waals surface area contributed by atoms with Crippen molar-refractivity contribution in [3.05, 3.63) is 63.1 Å². The van der Waals surface area contributed by atoms with Crippen LogP contribution in [-0.4, -0.2) is 73.7 Å². The van der Waals surface area contributed by atoms with Gasteiger partial charge in [-0.1, -0.05) is 35.3 Å². The number of nitrogens with zero attached hydrogens (tertiary/aromatic N) is 3. The van der Waals surface area contributed by atoms with Gasteiger partial charge >= 0.3 is 0 Å². The summed E-state index contributed by atoms with van der Waals surface area (Å²) in [5.74, 6) is -0.363. The molecular weight excluding hydrogens is 511 g/mol. The van der Waals surface area contributed by atoms with Gasteiger partial charge in [0.05, 0.1) is 10.7 Å². The lowest BCUT2D eigenvalue weighted by molar-refractivity contribution is -0.125. The molecule has 7 nitrogen and oxygen atoms in total. The molecule has 9 heteroatoms. The first kappa shape index (κ1) is 27.4. The maximum absolute atomic E-state index is 13.1. The highest BCUT2D eigenvalue weighted by molar-refractivity contribution is 6.36. The molecular formula is C28H34Cl2N4O3. The van der Waals surface area contributed by atoms with E-state index in [2.05, 4.69) is 21.2 Å². The number of rotatable bonds is 11. The van der Waals surface area contributed by atoms with Crippen LogP contribution in [0, 0.1) is 0 Å². The molecule has 2 aromatic carbocycles. The topological polar surface area (TPSA) is 73.0 Å². The number of likely N-dealkylation sites (N-methyl/N-ethyl adjacent to an activating group) is 1. The fourth-order valence-corrected chi connectivity index (χ4v) is 5.85. The van der Waals surface area contributed by atoms with Crippen molar-refractivity contribution < 1.29 is 14.4 Å².